The Morgan fingerprint density at radius 2 is 2.21 bits per heavy atom. The lowest BCUT2D eigenvalue weighted by Gasteiger charge is -2.17. The molecule has 1 aromatic carbocycles. The number of thiazole rings is 1. The highest BCUT2D eigenvalue weighted by Crippen LogP contribution is 2.31. The van der Waals surface area contributed by atoms with E-state index < -0.39 is 0 Å². The van der Waals surface area contributed by atoms with Gasteiger partial charge in [0.2, 0.25) is 5.91 Å². The average Bonchev–Trinajstić information content (AvgIpc) is 3.27. The van der Waals surface area contributed by atoms with Crippen LogP contribution in [0.3, 0.4) is 0 Å². The zero-order valence-corrected chi connectivity index (χ0v) is 17.0. The molecule has 0 fully saturated rings. The minimum Gasteiger partial charge on any atom is -0.493 e. The zero-order valence-electron chi connectivity index (χ0n) is 16.2. The summed E-state index contributed by atoms with van der Waals surface area (Å²) in [7, 11) is 0. The van der Waals surface area contributed by atoms with Crippen LogP contribution in [0.5, 0.6) is 5.75 Å². The number of anilines is 1. The molecule has 0 spiro atoms. The molecule has 0 saturated heterocycles. The number of ether oxygens (including phenoxy) is 1. The second-order valence-corrected chi connectivity index (χ2v) is 7.95. The molecule has 0 aliphatic carbocycles. The van der Waals surface area contributed by atoms with Crippen LogP contribution in [0.4, 0.5) is 5.13 Å². The van der Waals surface area contributed by atoms with Crippen LogP contribution in [-0.2, 0) is 17.8 Å². The number of hydrogen-bond acceptors (Lipinski definition) is 6. The van der Waals surface area contributed by atoms with Gasteiger partial charge in [0.05, 0.1) is 24.8 Å². The molecule has 8 heteroatoms. The molecule has 1 atom stereocenters. The second kappa shape index (κ2) is 7.71. The Morgan fingerprint density at radius 3 is 3.00 bits per heavy atom. The van der Waals surface area contributed by atoms with Crippen molar-refractivity contribution >= 4 is 22.4 Å². The van der Waals surface area contributed by atoms with Crippen molar-refractivity contribution in [3.63, 3.8) is 0 Å². The Balaban J connectivity index is 1.43. The maximum absolute atomic E-state index is 12.5. The normalized spacial score (nSPS) is 14.2. The molecular weight excluding hydrogens is 374 g/mol. The third-order valence-corrected chi connectivity index (χ3v) is 5.55. The summed E-state index contributed by atoms with van der Waals surface area (Å²) >= 11 is 1.43. The third-order valence-electron chi connectivity index (χ3n) is 4.80. The number of aromatic nitrogens is 4. The van der Waals surface area contributed by atoms with Gasteiger partial charge in [0.25, 0.3) is 0 Å². The first-order valence-electron chi connectivity index (χ1n) is 9.40. The van der Waals surface area contributed by atoms with Crippen LogP contribution >= 0.6 is 11.3 Å². The lowest BCUT2D eigenvalue weighted by Crippen LogP contribution is -2.25. The van der Waals surface area contributed by atoms with Gasteiger partial charge in [0.1, 0.15) is 17.4 Å². The van der Waals surface area contributed by atoms with Gasteiger partial charge in [-0.3, -0.25) is 4.79 Å². The van der Waals surface area contributed by atoms with Gasteiger partial charge in [0.15, 0.2) is 5.13 Å². The van der Waals surface area contributed by atoms with Gasteiger partial charge in [-0.2, -0.15) is 5.10 Å². The molecule has 1 aliphatic heterocycles. The molecule has 4 rings (SSSR count). The number of nitrogens with one attached hydrogen (secondary N) is 1. The average molecular weight is 398 g/mol. The van der Waals surface area contributed by atoms with Crippen molar-refractivity contribution in [2.45, 2.75) is 40.2 Å². The fraction of sp³-hybridized carbons (Fsp3) is 0.400. The van der Waals surface area contributed by atoms with E-state index in [0.29, 0.717) is 17.5 Å². The minimum atomic E-state index is -0.243. The lowest BCUT2D eigenvalue weighted by molar-refractivity contribution is -0.119. The first kappa shape index (κ1) is 18.6. The Hall–Kier alpha value is -2.74. The van der Waals surface area contributed by atoms with Gasteiger partial charge < -0.3 is 10.1 Å². The van der Waals surface area contributed by atoms with Crippen LogP contribution in [0, 0.1) is 19.8 Å². The molecule has 1 unspecified atom stereocenters. The van der Waals surface area contributed by atoms with Crippen molar-refractivity contribution < 1.29 is 9.53 Å². The van der Waals surface area contributed by atoms with E-state index in [1.165, 1.54) is 16.9 Å². The number of carbonyl (C=O) groups is 1. The number of benzene rings is 1. The van der Waals surface area contributed by atoms with Crippen molar-refractivity contribution in [3.8, 4) is 17.0 Å². The summed E-state index contributed by atoms with van der Waals surface area (Å²) in [6.45, 7) is 6.88. The van der Waals surface area contributed by atoms with Crippen molar-refractivity contribution in [3.05, 3.63) is 40.8 Å². The monoisotopic (exact) mass is 397 g/mol. The topological polar surface area (TPSA) is 81.9 Å². The molecule has 1 N–H and O–H groups in total. The van der Waals surface area contributed by atoms with Crippen LogP contribution in [0.25, 0.3) is 11.3 Å². The molecule has 2 aromatic heterocycles. The molecule has 1 amide bonds. The number of nitrogens with zero attached hydrogens (tertiary/aromatic N) is 4. The predicted molar refractivity (Wildman–Crippen MR) is 109 cm³/mol. The highest BCUT2D eigenvalue weighted by molar-refractivity contribution is 7.14. The van der Waals surface area contributed by atoms with Crippen molar-refractivity contribution in [1.82, 2.24) is 19.7 Å². The van der Waals surface area contributed by atoms with Gasteiger partial charge in [-0.15, -0.1) is 11.3 Å². The first-order valence-corrected chi connectivity index (χ1v) is 10.3. The molecule has 28 heavy (non-hydrogen) atoms. The maximum atomic E-state index is 12.5. The zero-order chi connectivity index (χ0) is 19.7. The third kappa shape index (κ3) is 3.91. The van der Waals surface area contributed by atoms with E-state index >= 15 is 0 Å². The van der Waals surface area contributed by atoms with E-state index in [9.17, 15) is 4.79 Å². The van der Waals surface area contributed by atoms with Gasteiger partial charge in [0, 0.05) is 10.9 Å². The SMILES string of the molecule is Cc1nc(C)n(CC(C)C(=O)Nc2nc(-c3ccc4c(c3)CCCO4)cs2)n1. The van der Waals surface area contributed by atoms with Crippen LogP contribution in [0.1, 0.15) is 30.6 Å². The summed E-state index contributed by atoms with van der Waals surface area (Å²) in [5.41, 5.74) is 3.13. The summed E-state index contributed by atoms with van der Waals surface area (Å²) in [4.78, 5) is 21.4. The number of rotatable bonds is 5. The standard InChI is InChI=1S/C20H23N5O2S/c1-12(10-25-14(3)21-13(2)24-25)19(26)23-20-22-17(11-28-20)15-6-7-18-16(9-15)5-4-8-27-18/h6-7,9,11-12H,4-5,8,10H2,1-3H3,(H,22,23,26). The van der Waals surface area contributed by atoms with Crippen LogP contribution < -0.4 is 10.1 Å². The van der Waals surface area contributed by atoms with Gasteiger partial charge in [-0.05, 0) is 50.5 Å². The first-order chi connectivity index (χ1) is 13.5. The maximum Gasteiger partial charge on any atom is 0.230 e. The summed E-state index contributed by atoms with van der Waals surface area (Å²) in [5, 5.41) is 9.82. The number of aryl methyl sites for hydroxylation is 3. The summed E-state index contributed by atoms with van der Waals surface area (Å²) in [6, 6.07) is 6.16. The fourth-order valence-electron chi connectivity index (χ4n) is 3.29. The Bertz CT molecular complexity index is 1010. The Labute approximate surface area is 167 Å². The molecular formula is C20H23N5O2S. The lowest BCUT2D eigenvalue weighted by atomic mass is 10.0. The summed E-state index contributed by atoms with van der Waals surface area (Å²) in [5.74, 6) is 2.17. The number of carbonyl (C=O) groups excluding carboxylic acids is 1. The van der Waals surface area contributed by atoms with Gasteiger partial charge >= 0.3 is 0 Å². The molecule has 7 nitrogen and oxygen atoms in total. The van der Waals surface area contributed by atoms with E-state index in [2.05, 4.69) is 26.4 Å². The van der Waals surface area contributed by atoms with Crippen molar-refractivity contribution in [1.29, 1.82) is 0 Å². The second-order valence-electron chi connectivity index (χ2n) is 7.09. The molecule has 146 valence electrons. The largest absolute Gasteiger partial charge is 0.493 e. The van der Waals surface area contributed by atoms with Gasteiger partial charge in [-0.1, -0.05) is 6.92 Å². The molecule has 3 heterocycles. The number of hydrogen-bond donors (Lipinski definition) is 1. The van der Waals surface area contributed by atoms with Crippen molar-refractivity contribution in [2.75, 3.05) is 11.9 Å². The predicted octanol–water partition coefficient (Wildman–Crippen LogP) is 3.62. The van der Waals surface area contributed by atoms with E-state index in [1.54, 1.807) is 4.68 Å². The van der Waals surface area contributed by atoms with E-state index in [-0.39, 0.29) is 11.8 Å². The molecule has 0 bridgehead atoms. The van der Waals surface area contributed by atoms with E-state index in [4.69, 9.17) is 4.74 Å². The highest BCUT2D eigenvalue weighted by Gasteiger charge is 2.18. The Kier molecular flexibility index (Phi) is 5.13. The highest BCUT2D eigenvalue weighted by atomic mass is 32.1. The smallest absolute Gasteiger partial charge is 0.230 e. The molecule has 0 radical (unpaired) electrons. The molecule has 1 aliphatic rings. The van der Waals surface area contributed by atoms with E-state index in [0.717, 1.165) is 42.3 Å². The minimum absolute atomic E-state index is 0.0766. The number of amides is 1. The summed E-state index contributed by atoms with van der Waals surface area (Å²) in [6.07, 6.45) is 2.06. The van der Waals surface area contributed by atoms with Crippen molar-refractivity contribution in [2.24, 2.45) is 5.92 Å². The van der Waals surface area contributed by atoms with Crippen LogP contribution in [0.2, 0.25) is 0 Å². The molecule has 3 aromatic rings. The van der Waals surface area contributed by atoms with Crippen LogP contribution in [-0.4, -0.2) is 32.3 Å². The quantitative estimate of drug-likeness (QED) is 0.711. The van der Waals surface area contributed by atoms with Crippen LogP contribution in [0.15, 0.2) is 23.6 Å². The van der Waals surface area contributed by atoms with E-state index in [1.807, 2.05) is 38.3 Å². The fourth-order valence-corrected chi connectivity index (χ4v) is 4.01. The molecule has 0 saturated carbocycles. The summed E-state index contributed by atoms with van der Waals surface area (Å²) < 4.78 is 7.44. The van der Waals surface area contributed by atoms with Gasteiger partial charge in [-0.25, -0.2) is 14.6 Å². The Morgan fingerprint density at radius 1 is 1.36 bits per heavy atom. The number of fused-ring (bicyclic) bond motifs is 1.